The van der Waals surface area contributed by atoms with Crippen molar-refractivity contribution in [2.24, 2.45) is 0 Å². The number of carbonyl (C=O) groups is 2. The number of anilines is 2. The molecule has 0 aliphatic heterocycles. The van der Waals surface area contributed by atoms with Gasteiger partial charge in [-0.1, -0.05) is 69.4 Å². The Morgan fingerprint density at radius 1 is 0.571 bits per heavy atom. The third-order valence-electron chi connectivity index (χ3n) is 5.71. The Kier molecular flexibility index (Phi) is 9.68. The van der Waals surface area contributed by atoms with Crippen LogP contribution in [0.4, 0.5) is 11.4 Å². The van der Waals surface area contributed by atoms with E-state index in [-0.39, 0.29) is 11.8 Å². The molecule has 2 aromatic heterocycles. The van der Waals surface area contributed by atoms with Crippen molar-refractivity contribution < 1.29 is 9.59 Å². The summed E-state index contributed by atoms with van der Waals surface area (Å²) < 4.78 is 4.04. The molecule has 4 aromatic carbocycles. The highest BCUT2D eigenvalue weighted by atomic mass is 33.1. The zero-order valence-corrected chi connectivity index (χ0v) is 26.7. The highest BCUT2D eigenvalue weighted by molar-refractivity contribution is 8.76. The van der Waals surface area contributed by atoms with Crippen LogP contribution in [0.3, 0.4) is 0 Å². The summed E-state index contributed by atoms with van der Waals surface area (Å²) in [5, 5.41) is 5.91. The summed E-state index contributed by atoms with van der Waals surface area (Å²) in [5.74, 6) is 0.503. The third kappa shape index (κ3) is 7.88. The second-order valence-electron chi connectivity index (χ2n) is 8.78. The Balaban J connectivity index is 0.919. The molecule has 0 aliphatic rings. The fourth-order valence-corrected chi connectivity index (χ4v) is 9.43. The summed E-state index contributed by atoms with van der Waals surface area (Å²) in [7, 11) is 3.27. The van der Waals surface area contributed by atoms with Crippen molar-refractivity contribution in [3.63, 3.8) is 0 Å². The lowest BCUT2D eigenvalue weighted by molar-refractivity contribution is -0.114. The number of thiazole rings is 2. The molecule has 6 aromatic rings. The molecule has 6 rings (SSSR count). The Morgan fingerprint density at radius 3 is 1.38 bits per heavy atom. The number of rotatable bonds is 11. The first-order chi connectivity index (χ1) is 20.6. The van der Waals surface area contributed by atoms with Gasteiger partial charge in [-0.15, -0.1) is 22.7 Å². The number of aromatic nitrogens is 2. The number of para-hydroxylation sites is 2. The van der Waals surface area contributed by atoms with Crippen molar-refractivity contribution in [2.75, 3.05) is 22.1 Å². The lowest BCUT2D eigenvalue weighted by Gasteiger charge is -2.07. The average molecular weight is 663 g/mol. The van der Waals surface area contributed by atoms with Crippen molar-refractivity contribution >= 4 is 111 Å². The lowest BCUT2D eigenvalue weighted by atomic mass is 10.3. The van der Waals surface area contributed by atoms with E-state index in [2.05, 4.69) is 20.6 Å². The van der Waals surface area contributed by atoms with Crippen LogP contribution < -0.4 is 10.6 Å². The van der Waals surface area contributed by atoms with Gasteiger partial charge in [-0.25, -0.2) is 9.97 Å². The largest absolute Gasteiger partial charge is 0.325 e. The summed E-state index contributed by atoms with van der Waals surface area (Å²) in [6.07, 6.45) is 0. The molecule has 42 heavy (non-hydrogen) atoms. The minimum absolute atomic E-state index is 0.0587. The van der Waals surface area contributed by atoms with E-state index < -0.39 is 0 Å². The Bertz CT molecular complexity index is 1640. The summed E-state index contributed by atoms with van der Waals surface area (Å²) >= 11 is 6.10. The van der Waals surface area contributed by atoms with Crippen molar-refractivity contribution in [3.05, 3.63) is 97.1 Å². The number of nitrogens with zero attached hydrogens (tertiary/aromatic N) is 2. The van der Waals surface area contributed by atoms with Crippen LogP contribution in [0.15, 0.2) is 116 Å². The van der Waals surface area contributed by atoms with Crippen LogP contribution in [-0.4, -0.2) is 33.3 Å². The predicted molar refractivity (Wildman–Crippen MR) is 183 cm³/mol. The topological polar surface area (TPSA) is 84.0 Å². The average Bonchev–Trinajstić information content (AvgIpc) is 3.63. The quantitative estimate of drug-likeness (QED) is 0.105. The molecule has 2 heterocycles. The van der Waals surface area contributed by atoms with Gasteiger partial charge in [0.1, 0.15) is 0 Å². The van der Waals surface area contributed by atoms with E-state index in [4.69, 9.17) is 0 Å². The van der Waals surface area contributed by atoms with E-state index in [0.717, 1.165) is 50.3 Å². The second kappa shape index (κ2) is 14.0. The minimum Gasteiger partial charge on any atom is -0.325 e. The van der Waals surface area contributed by atoms with Gasteiger partial charge in [0.15, 0.2) is 8.68 Å². The number of carbonyl (C=O) groups excluding carboxylic acids is 2. The maximum atomic E-state index is 12.4. The molecule has 0 spiro atoms. The molecule has 0 fully saturated rings. The van der Waals surface area contributed by atoms with Crippen molar-refractivity contribution in [2.45, 2.75) is 18.5 Å². The smallest absolute Gasteiger partial charge is 0.234 e. The first kappa shape index (κ1) is 29.1. The second-order valence-corrected chi connectivity index (χ2v) is 15.6. The van der Waals surface area contributed by atoms with Gasteiger partial charge in [0.2, 0.25) is 11.8 Å². The maximum absolute atomic E-state index is 12.4. The molecule has 0 aliphatic carbocycles. The highest BCUT2D eigenvalue weighted by Crippen LogP contribution is 2.38. The summed E-state index contributed by atoms with van der Waals surface area (Å²) in [5.41, 5.74) is 3.46. The number of nitrogens with one attached hydrogen (secondary N) is 2. The molecule has 6 nitrogen and oxygen atoms in total. The molecule has 0 saturated heterocycles. The van der Waals surface area contributed by atoms with E-state index in [1.54, 1.807) is 44.3 Å². The van der Waals surface area contributed by atoms with Crippen molar-refractivity contribution in [3.8, 4) is 0 Å². The molecule has 0 radical (unpaired) electrons. The Hall–Kier alpha value is -3.00. The molecule has 0 atom stereocenters. The molecular weight excluding hydrogens is 641 g/mol. The summed E-state index contributed by atoms with van der Waals surface area (Å²) in [6, 6.07) is 31.6. The van der Waals surface area contributed by atoms with Crippen LogP contribution >= 0.6 is 67.8 Å². The maximum Gasteiger partial charge on any atom is 0.234 e. The SMILES string of the molecule is O=C(CSc1nc2ccccc2s1)Nc1ccc(SSc2ccc(NC(=O)CSc3nc4ccccc4s3)cc2)cc1. The van der Waals surface area contributed by atoms with Gasteiger partial charge >= 0.3 is 0 Å². The molecule has 2 amide bonds. The van der Waals surface area contributed by atoms with E-state index in [9.17, 15) is 9.59 Å². The van der Waals surface area contributed by atoms with Gasteiger partial charge in [0.05, 0.1) is 31.9 Å². The van der Waals surface area contributed by atoms with E-state index in [1.807, 2.05) is 97.1 Å². The van der Waals surface area contributed by atoms with E-state index >= 15 is 0 Å². The molecule has 210 valence electrons. The Labute approximate surface area is 266 Å². The van der Waals surface area contributed by atoms with Crippen LogP contribution in [-0.2, 0) is 9.59 Å². The molecular formula is C30H22N4O2S6. The van der Waals surface area contributed by atoms with Gasteiger partial charge in [-0.05, 0) is 72.8 Å². The molecule has 0 unspecified atom stereocenters. The molecule has 0 saturated carbocycles. The van der Waals surface area contributed by atoms with Gasteiger partial charge in [0, 0.05) is 21.2 Å². The van der Waals surface area contributed by atoms with E-state index in [1.165, 1.54) is 23.5 Å². The lowest BCUT2D eigenvalue weighted by Crippen LogP contribution is -2.13. The number of thioether (sulfide) groups is 2. The fraction of sp³-hybridized carbons (Fsp3) is 0.0667. The van der Waals surface area contributed by atoms with Crippen LogP contribution in [0.2, 0.25) is 0 Å². The highest BCUT2D eigenvalue weighted by Gasteiger charge is 2.10. The predicted octanol–water partition coefficient (Wildman–Crippen LogP) is 9.17. The number of hydrogen-bond acceptors (Lipinski definition) is 10. The molecule has 12 heteroatoms. The van der Waals surface area contributed by atoms with Crippen LogP contribution in [0.5, 0.6) is 0 Å². The summed E-state index contributed by atoms with van der Waals surface area (Å²) in [4.78, 5) is 36.1. The normalized spacial score (nSPS) is 11.1. The first-order valence-electron chi connectivity index (χ1n) is 12.7. The number of fused-ring (bicyclic) bond motifs is 2. The van der Waals surface area contributed by atoms with Gasteiger partial charge < -0.3 is 10.6 Å². The van der Waals surface area contributed by atoms with Gasteiger partial charge in [-0.3, -0.25) is 9.59 Å². The van der Waals surface area contributed by atoms with Crippen LogP contribution in [0.25, 0.3) is 20.4 Å². The number of amides is 2. The van der Waals surface area contributed by atoms with Crippen LogP contribution in [0.1, 0.15) is 0 Å². The van der Waals surface area contributed by atoms with Crippen molar-refractivity contribution in [1.82, 2.24) is 9.97 Å². The van der Waals surface area contributed by atoms with E-state index in [0.29, 0.717) is 11.5 Å². The zero-order valence-electron chi connectivity index (χ0n) is 21.8. The number of hydrogen-bond donors (Lipinski definition) is 2. The minimum atomic E-state index is -0.0587. The van der Waals surface area contributed by atoms with Crippen molar-refractivity contribution in [1.29, 1.82) is 0 Å². The zero-order chi connectivity index (χ0) is 28.7. The van der Waals surface area contributed by atoms with Gasteiger partial charge in [-0.2, -0.15) is 0 Å². The standard InChI is InChI=1S/C30H22N4O2S6/c35-27(17-37-29-33-23-5-1-3-7-25(23)39-29)31-19-9-13-21(14-10-19)41-42-22-15-11-20(12-16-22)32-28(36)18-38-30-34-24-6-2-4-8-26(24)40-30/h1-16H,17-18H2,(H,31,35)(H,32,36). The summed E-state index contributed by atoms with van der Waals surface area (Å²) in [6.45, 7) is 0. The van der Waals surface area contributed by atoms with Gasteiger partial charge in [0.25, 0.3) is 0 Å². The third-order valence-corrected chi connectivity index (χ3v) is 12.5. The fourth-order valence-electron chi connectivity index (χ4n) is 3.76. The molecule has 2 N–H and O–H groups in total. The monoisotopic (exact) mass is 662 g/mol. The first-order valence-corrected chi connectivity index (χ1v) is 18.4. The van der Waals surface area contributed by atoms with Crippen LogP contribution in [0, 0.1) is 0 Å². The Morgan fingerprint density at radius 2 is 0.976 bits per heavy atom. The number of benzene rings is 4. The molecule has 0 bridgehead atoms.